The fraction of sp³-hybridized carbons (Fsp3) is 0.400. The summed E-state index contributed by atoms with van der Waals surface area (Å²) >= 11 is 0. The first-order valence-corrected chi connectivity index (χ1v) is 10.9. The maximum atomic E-state index is 12.7. The van der Waals surface area contributed by atoms with Crippen LogP contribution >= 0.6 is 0 Å². The van der Waals surface area contributed by atoms with Gasteiger partial charge in [-0.1, -0.05) is 6.92 Å². The SMILES string of the molecule is CC1CCN(S(=O)(=O)c2ccc(NC(=O)CN(C)C(=O)c3ccco3)cc2)CC1. The van der Waals surface area contributed by atoms with E-state index >= 15 is 0 Å². The van der Waals surface area contributed by atoms with Gasteiger partial charge in [0.15, 0.2) is 5.76 Å². The highest BCUT2D eigenvalue weighted by Crippen LogP contribution is 2.24. The van der Waals surface area contributed by atoms with E-state index in [1.54, 1.807) is 18.2 Å². The zero-order valence-corrected chi connectivity index (χ0v) is 17.3. The Balaban J connectivity index is 1.58. The Kier molecular flexibility index (Phi) is 6.39. The summed E-state index contributed by atoms with van der Waals surface area (Å²) in [6.45, 7) is 3.02. The van der Waals surface area contributed by atoms with Crippen LogP contribution in [0.3, 0.4) is 0 Å². The lowest BCUT2D eigenvalue weighted by Crippen LogP contribution is -2.37. The second-order valence-corrected chi connectivity index (χ2v) is 9.24. The van der Waals surface area contributed by atoms with Crippen LogP contribution in [0, 0.1) is 5.92 Å². The molecule has 3 rings (SSSR count). The number of anilines is 1. The third kappa shape index (κ3) is 5.04. The summed E-state index contributed by atoms with van der Waals surface area (Å²) in [7, 11) is -2.03. The molecule has 1 aliphatic heterocycles. The van der Waals surface area contributed by atoms with E-state index < -0.39 is 21.8 Å². The van der Waals surface area contributed by atoms with Crippen LogP contribution in [0.15, 0.2) is 52.0 Å². The molecule has 2 heterocycles. The Morgan fingerprint density at radius 3 is 2.41 bits per heavy atom. The van der Waals surface area contributed by atoms with Gasteiger partial charge in [-0.25, -0.2) is 8.42 Å². The molecular formula is C20H25N3O5S. The molecule has 1 saturated heterocycles. The van der Waals surface area contributed by atoms with Crippen LogP contribution in [0.2, 0.25) is 0 Å². The van der Waals surface area contributed by atoms with Crippen molar-refractivity contribution >= 4 is 27.5 Å². The molecule has 0 unspecified atom stereocenters. The van der Waals surface area contributed by atoms with Crippen LogP contribution in [-0.2, 0) is 14.8 Å². The predicted molar refractivity (Wildman–Crippen MR) is 108 cm³/mol. The van der Waals surface area contributed by atoms with E-state index in [2.05, 4.69) is 12.2 Å². The summed E-state index contributed by atoms with van der Waals surface area (Å²) < 4.78 is 32.0. The molecule has 1 fully saturated rings. The van der Waals surface area contributed by atoms with Crippen molar-refractivity contribution in [3.05, 3.63) is 48.4 Å². The van der Waals surface area contributed by atoms with Crippen molar-refractivity contribution in [2.24, 2.45) is 5.92 Å². The normalized spacial score (nSPS) is 15.8. The molecule has 0 saturated carbocycles. The van der Waals surface area contributed by atoms with E-state index in [9.17, 15) is 18.0 Å². The van der Waals surface area contributed by atoms with Gasteiger partial charge in [0.05, 0.1) is 17.7 Å². The predicted octanol–water partition coefficient (Wildman–Crippen LogP) is 2.41. The average molecular weight is 420 g/mol. The van der Waals surface area contributed by atoms with Crippen LogP contribution in [-0.4, -0.2) is 56.1 Å². The summed E-state index contributed by atoms with van der Waals surface area (Å²) in [5, 5.41) is 2.67. The Labute approximate surface area is 170 Å². The first-order valence-electron chi connectivity index (χ1n) is 9.46. The fourth-order valence-electron chi connectivity index (χ4n) is 3.16. The topological polar surface area (TPSA) is 99.9 Å². The summed E-state index contributed by atoms with van der Waals surface area (Å²) in [4.78, 5) is 25.7. The van der Waals surface area contributed by atoms with Gasteiger partial charge in [0, 0.05) is 25.8 Å². The van der Waals surface area contributed by atoms with Gasteiger partial charge in [0.2, 0.25) is 15.9 Å². The number of sulfonamides is 1. The maximum Gasteiger partial charge on any atom is 0.289 e. The van der Waals surface area contributed by atoms with Crippen LogP contribution in [0.4, 0.5) is 5.69 Å². The van der Waals surface area contributed by atoms with Crippen molar-refractivity contribution in [1.29, 1.82) is 0 Å². The molecule has 8 nitrogen and oxygen atoms in total. The van der Waals surface area contributed by atoms with Crippen LogP contribution in [0.5, 0.6) is 0 Å². The fourth-order valence-corrected chi connectivity index (χ4v) is 4.63. The average Bonchev–Trinajstić information content (AvgIpc) is 3.22. The van der Waals surface area contributed by atoms with Crippen LogP contribution < -0.4 is 5.32 Å². The molecule has 0 radical (unpaired) electrons. The lowest BCUT2D eigenvalue weighted by Gasteiger charge is -2.29. The first-order chi connectivity index (χ1) is 13.8. The summed E-state index contributed by atoms with van der Waals surface area (Å²) in [5.41, 5.74) is 0.458. The number of amides is 2. The Morgan fingerprint density at radius 2 is 1.83 bits per heavy atom. The van der Waals surface area contributed by atoms with Gasteiger partial charge in [0.25, 0.3) is 5.91 Å². The van der Waals surface area contributed by atoms with Gasteiger partial charge < -0.3 is 14.6 Å². The number of likely N-dealkylation sites (N-methyl/N-ethyl adjacent to an activating group) is 1. The van der Waals surface area contributed by atoms with Gasteiger partial charge in [-0.15, -0.1) is 0 Å². The van der Waals surface area contributed by atoms with E-state index in [0.717, 1.165) is 12.8 Å². The largest absolute Gasteiger partial charge is 0.459 e. The van der Waals surface area contributed by atoms with Gasteiger partial charge in [-0.2, -0.15) is 4.31 Å². The van der Waals surface area contributed by atoms with E-state index in [-0.39, 0.29) is 17.2 Å². The number of hydrogen-bond donors (Lipinski definition) is 1. The molecular weight excluding hydrogens is 394 g/mol. The lowest BCUT2D eigenvalue weighted by atomic mass is 10.0. The molecule has 2 aromatic rings. The molecule has 1 aromatic heterocycles. The highest BCUT2D eigenvalue weighted by molar-refractivity contribution is 7.89. The Morgan fingerprint density at radius 1 is 1.17 bits per heavy atom. The van der Waals surface area contributed by atoms with Crippen molar-refractivity contribution < 1.29 is 22.4 Å². The highest BCUT2D eigenvalue weighted by Gasteiger charge is 2.28. The molecule has 0 spiro atoms. The van der Waals surface area contributed by atoms with Gasteiger partial charge in [0.1, 0.15) is 0 Å². The number of piperidine rings is 1. The minimum absolute atomic E-state index is 0.155. The second kappa shape index (κ2) is 8.79. The van der Waals surface area contributed by atoms with Gasteiger partial charge in [-0.3, -0.25) is 9.59 Å². The summed E-state index contributed by atoms with van der Waals surface area (Å²) in [6.07, 6.45) is 3.11. The smallest absolute Gasteiger partial charge is 0.289 e. The van der Waals surface area contributed by atoms with Crippen molar-refractivity contribution in [3.8, 4) is 0 Å². The minimum atomic E-state index is -3.53. The molecule has 1 aromatic carbocycles. The number of carbonyl (C=O) groups excluding carboxylic acids is 2. The summed E-state index contributed by atoms with van der Waals surface area (Å²) in [5.74, 6) is -0.103. The molecule has 0 bridgehead atoms. The third-order valence-electron chi connectivity index (χ3n) is 4.98. The standard InChI is InChI=1S/C20H25N3O5S/c1-15-9-11-23(12-10-15)29(26,27)17-7-5-16(6-8-17)21-19(24)14-22(2)20(25)18-4-3-13-28-18/h3-8,13,15H,9-12,14H2,1-2H3,(H,21,24). The summed E-state index contributed by atoms with van der Waals surface area (Å²) in [6, 6.07) is 9.19. The Hall–Kier alpha value is -2.65. The number of nitrogens with zero attached hydrogens (tertiary/aromatic N) is 2. The lowest BCUT2D eigenvalue weighted by molar-refractivity contribution is -0.116. The quantitative estimate of drug-likeness (QED) is 0.775. The van der Waals surface area contributed by atoms with Crippen molar-refractivity contribution in [2.45, 2.75) is 24.7 Å². The van der Waals surface area contributed by atoms with E-state index in [1.807, 2.05) is 0 Å². The van der Waals surface area contributed by atoms with E-state index in [1.165, 1.54) is 40.7 Å². The number of furan rings is 1. The molecule has 29 heavy (non-hydrogen) atoms. The Bertz CT molecular complexity index is 947. The maximum absolute atomic E-state index is 12.7. The third-order valence-corrected chi connectivity index (χ3v) is 6.89. The second-order valence-electron chi connectivity index (χ2n) is 7.30. The molecule has 1 aliphatic rings. The minimum Gasteiger partial charge on any atom is -0.459 e. The highest BCUT2D eigenvalue weighted by atomic mass is 32.2. The first kappa shape index (κ1) is 21.1. The zero-order chi connectivity index (χ0) is 21.0. The molecule has 1 N–H and O–H groups in total. The van der Waals surface area contributed by atoms with Gasteiger partial charge in [-0.05, 0) is 55.2 Å². The van der Waals surface area contributed by atoms with E-state index in [0.29, 0.717) is 24.7 Å². The molecule has 0 atom stereocenters. The van der Waals surface area contributed by atoms with Crippen molar-refractivity contribution in [2.75, 3.05) is 32.0 Å². The molecule has 2 amide bonds. The van der Waals surface area contributed by atoms with Crippen LogP contribution in [0.1, 0.15) is 30.3 Å². The van der Waals surface area contributed by atoms with Gasteiger partial charge >= 0.3 is 0 Å². The number of hydrogen-bond acceptors (Lipinski definition) is 5. The van der Waals surface area contributed by atoms with Crippen LogP contribution in [0.25, 0.3) is 0 Å². The number of nitrogens with one attached hydrogen (secondary N) is 1. The van der Waals surface area contributed by atoms with E-state index in [4.69, 9.17) is 4.42 Å². The monoisotopic (exact) mass is 419 g/mol. The number of rotatable bonds is 6. The zero-order valence-electron chi connectivity index (χ0n) is 16.5. The number of carbonyl (C=O) groups is 2. The molecule has 156 valence electrons. The number of benzene rings is 1. The van der Waals surface area contributed by atoms with Crippen molar-refractivity contribution in [1.82, 2.24) is 9.21 Å². The molecule has 9 heteroatoms. The molecule has 0 aliphatic carbocycles. The van der Waals surface area contributed by atoms with Crippen molar-refractivity contribution in [3.63, 3.8) is 0 Å².